The van der Waals surface area contributed by atoms with Gasteiger partial charge in [0.05, 0.1) is 17.7 Å². The van der Waals surface area contributed by atoms with Crippen LogP contribution in [0, 0.1) is 6.42 Å². The molecule has 0 atom stereocenters. The third-order valence-corrected chi connectivity index (χ3v) is 1.98. The number of carbonyl (C=O) groups excluding carboxylic acids is 1. The Morgan fingerprint density at radius 1 is 1.38 bits per heavy atom. The van der Waals surface area contributed by atoms with Crippen molar-refractivity contribution in [3.05, 3.63) is 41.8 Å². The molecule has 0 aliphatic heterocycles. The third kappa shape index (κ3) is 3.38. The lowest BCUT2D eigenvalue weighted by Crippen LogP contribution is -2.07. The number of rotatable bonds is 5. The van der Waals surface area contributed by atoms with E-state index in [-0.39, 0.29) is 11.1 Å². The molecule has 0 aromatic heterocycles. The summed E-state index contributed by atoms with van der Waals surface area (Å²) in [6.07, 6.45) is 2.57. The quantitative estimate of drug-likeness (QED) is 0.611. The van der Waals surface area contributed by atoms with Crippen LogP contribution in [-0.4, -0.2) is 23.7 Å². The van der Waals surface area contributed by atoms with Gasteiger partial charge in [0.25, 0.3) is 0 Å². The van der Waals surface area contributed by atoms with Crippen molar-refractivity contribution in [2.75, 3.05) is 6.61 Å². The second-order valence-electron chi connectivity index (χ2n) is 3.22. The van der Waals surface area contributed by atoms with Gasteiger partial charge in [-0.25, -0.2) is 9.59 Å². The number of unbranched alkanes of at least 4 members (excludes halogenated alkanes) is 1. The molecule has 1 aromatic rings. The van der Waals surface area contributed by atoms with Gasteiger partial charge < -0.3 is 9.84 Å². The van der Waals surface area contributed by atoms with Crippen molar-refractivity contribution >= 4 is 11.9 Å². The van der Waals surface area contributed by atoms with Crippen molar-refractivity contribution in [3.8, 4) is 0 Å². The molecule has 1 N–H and O–H groups in total. The summed E-state index contributed by atoms with van der Waals surface area (Å²) in [5.74, 6) is -1.55. The highest BCUT2D eigenvalue weighted by molar-refractivity contribution is 5.94. The lowest BCUT2D eigenvalue weighted by molar-refractivity contribution is 0.0508. The van der Waals surface area contributed by atoms with Gasteiger partial charge in [0, 0.05) is 0 Å². The van der Waals surface area contributed by atoms with E-state index >= 15 is 0 Å². The van der Waals surface area contributed by atoms with E-state index in [9.17, 15) is 9.59 Å². The molecule has 0 saturated carbocycles. The van der Waals surface area contributed by atoms with Crippen LogP contribution >= 0.6 is 0 Å². The van der Waals surface area contributed by atoms with E-state index in [2.05, 4.69) is 0 Å². The summed E-state index contributed by atoms with van der Waals surface area (Å²) in [5.41, 5.74) is 0.340. The monoisotopic (exact) mass is 221 g/mol. The topological polar surface area (TPSA) is 63.6 Å². The lowest BCUT2D eigenvalue weighted by atomic mass is 10.1. The van der Waals surface area contributed by atoms with Gasteiger partial charge in [-0.1, -0.05) is 13.0 Å². The Kier molecular flexibility index (Phi) is 4.51. The molecule has 0 saturated heterocycles. The van der Waals surface area contributed by atoms with Crippen molar-refractivity contribution < 1.29 is 19.4 Å². The minimum Gasteiger partial charge on any atom is -0.478 e. The normalized spacial score (nSPS) is 9.81. The zero-order chi connectivity index (χ0) is 12.0. The van der Waals surface area contributed by atoms with E-state index in [1.807, 2.05) is 13.3 Å². The average molecular weight is 221 g/mol. The molecular weight excluding hydrogens is 208 g/mol. The molecule has 1 radical (unpaired) electrons. The number of carboxylic acid groups (broad SMARTS) is 1. The molecule has 0 amide bonds. The van der Waals surface area contributed by atoms with Crippen LogP contribution in [0.15, 0.2) is 24.3 Å². The maximum atomic E-state index is 11.5. The van der Waals surface area contributed by atoms with E-state index in [0.717, 1.165) is 0 Å². The van der Waals surface area contributed by atoms with E-state index in [1.54, 1.807) is 0 Å². The third-order valence-electron chi connectivity index (χ3n) is 1.98. The van der Waals surface area contributed by atoms with Crippen LogP contribution in [0.3, 0.4) is 0 Å². The highest BCUT2D eigenvalue weighted by Gasteiger charge is 2.09. The second kappa shape index (κ2) is 5.90. The van der Waals surface area contributed by atoms with Crippen LogP contribution in [0.1, 0.15) is 34.1 Å². The number of benzene rings is 1. The number of carbonyl (C=O) groups is 2. The molecule has 0 heterocycles. The molecular formula is C12H13O4. The van der Waals surface area contributed by atoms with Gasteiger partial charge >= 0.3 is 11.9 Å². The molecule has 0 bridgehead atoms. The number of aromatic carboxylic acids is 1. The standard InChI is InChI=1S/C12H13O4/c1-2-3-7-16-12(15)10-6-4-5-9(8-10)11(13)14/h2,4-6,8H,3,7H2,1H3,(H,13,14). The number of esters is 1. The van der Waals surface area contributed by atoms with Crippen molar-refractivity contribution in [2.24, 2.45) is 0 Å². The first-order valence-corrected chi connectivity index (χ1v) is 4.93. The summed E-state index contributed by atoms with van der Waals surface area (Å²) in [6, 6.07) is 5.79. The van der Waals surface area contributed by atoms with Gasteiger partial charge in [0.15, 0.2) is 0 Å². The van der Waals surface area contributed by atoms with Crippen molar-refractivity contribution in [2.45, 2.75) is 13.3 Å². The highest BCUT2D eigenvalue weighted by Crippen LogP contribution is 2.07. The fraction of sp³-hybridized carbons (Fsp3) is 0.250. The SMILES string of the molecule is C[CH]CCOC(=O)c1cccc(C(=O)O)c1. The Bertz CT molecular complexity index is 384. The minimum absolute atomic E-state index is 0.0801. The first-order valence-electron chi connectivity index (χ1n) is 4.93. The number of hydrogen-bond donors (Lipinski definition) is 1. The van der Waals surface area contributed by atoms with Gasteiger partial charge in [-0.15, -0.1) is 0 Å². The van der Waals surface area contributed by atoms with Crippen LogP contribution < -0.4 is 0 Å². The van der Waals surface area contributed by atoms with E-state index in [0.29, 0.717) is 13.0 Å². The van der Waals surface area contributed by atoms with E-state index < -0.39 is 11.9 Å². The first-order chi connectivity index (χ1) is 7.65. The summed E-state index contributed by atoms with van der Waals surface area (Å²) in [6.45, 7) is 2.19. The zero-order valence-electron chi connectivity index (χ0n) is 8.97. The van der Waals surface area contributed by atoms with Crippen LogP contribution in [0.25, 0.3) is 0 Å². The van der Waals surface area contributed by atoms with Gasteiger partial charge in [-0.2, -0.15) is 0 Å². The average Bonchev–Trinajstić information content (AvgIpc) is 2.29. The zero-order valence-corrected chi connectivity index (χ0v) is 8.97. The van der Waals surface area contributed by atoms with Gasteiger partial charge in [0.2, 0.25) is 0 Å². The van der Waals surface area contributed by atoms with Crippen LogP contribution in [-0.2, 0) is 4.74 Å². The van der Waals surface area contributed by atoms with Crippen LogP contribution in [0.2, 0.25) is 0 Å². The summed E-state index contributed by atoms with van der Waals surface area (Å²) < 4.78 is 4.94. The Hall–Kier alpha value is -1.84. The Labute approximate surface area is 93.9 Å². The molecule has 0 fully saturated rings. The van der Waals surface area contributed by atoms with E-state index in [1.165, 1.54) is 24.3 Å². The maximum absolute atomic E-state index is 11.5. The summed E-state index contributed by atoms with van der Waals surface area (Å²) in [5, 5.41) is 8.75. The van der Waals surface area contributed by atoms with E-state index in [4.69, 9.17) is 9.84 Å². The molecule has 0 aliphatic carbocycles. The number of hydrogen-bond acceptors (Lipinski definition) is 3. The van der Waals surface area contributed by atoms with Crippen LogP contribution in [0.4, 0.5) is 0 Å². The predicted octanol–water partition coefficient (Wildman–Crippen LogP) is 2.16. The number of ether oxygens (including phenoxy) is 1. The van der Waals surface area contributed by atoms with Gasteiger partial charge in [-0.05, 0) is 31.0 Å². The number of carboxylic acids is 1. The highest BCUT2D eigenvalue weighted by atomic mass is 16.5. The second-order valence-corrected chi connectivity index (χ2v) is 3.22. The Morgan fingerprint density at radius 2 is 2.06 bits per heavy atom. The molecule has 16 heavy (non-hydrogen) atoms. The van der Waals surface area contributed by atoms with Crippen LogP contribution in [0.5, 0.6) is 0 Å². The lowest BCUT2D eigenvalue weighted by Gasteiger charge is -2.04. The summed E-state index contributed by atoms with van der Waals surface area (Å²) in [7, 11) is 0. The van der Waals surface area contributed by atoms with Crippen molar-refractivity contribution in [1.82, 2.24) is 0 Å². The molecule has 4 heteroatoms. The molecule has 0 unspecified atom stereocenters. The molecule has 0 aliphatic rings. The first kappa shape index (κ1) is 12.2. The smallest absolute Gasteiger partial charge is 0.338 e. The molecule has 1 aromatic carbocycles. The molecule has 85 valence electrons. The summed E-state index contributed by atoms with van der Waals surface area (Å²) in [4.78, 5) is 22.1. The Morgan fingerprint density at radius 3 is 2.69 bits per heavy atom. The molecule has 1 rings (SSSR count). The van der Waals surface area contributed by atoms with Gasteiger partial charge in [-0.3, -0.25) is 0 Å². The summed E-state index contributed by atoms with van der Waals surface area (Å²) >= 11 is 0. The maximum Gasteiger partial charge on any atom is 0.338 e. The molecule has 0 spiro atoms. The Balaban J connectivity index is 2.68. The predicted molar refractivity (Wildman–Crippen MR) is 58.3 cm³/mol. The fourth-order valence-electron chi connectivity index (χ4n) is 1.13. The van der Waals surface area contributed by atoms with Crippen molar-refractivity contribution in [3.63, 3.8) is 0 Å². The van der Waals surface area contributed by atoms with Gasteiger partial charge in [0.1, 0.15) is 0 Å². The minimum atomic E-state index is -1.06. The largest absolute Gasteiger partial charge is 0.478 e. The fourth-order valence-corrected chi connectivity index (χ4v) is 1.13. The molecule has 4 nitrogen and oxygen atoms in total. The van der Waals surface area contributed by atoms with Crippen molar-refractivity contribution in [1.29, 1.82) is 0 Å².